The number of aromatic nitrogens is 1. The molecule has 1 aliphatic rings. The van der Waals surface area contributed by atoms with Gasteiger partial charge in [-0.3, -0.25) is 0 Å². The summed E-state index contributed by atoms with van der Waals surface area (Å²) in [5, 5.41) is 10.1. The highest BCUT2D eigenvalue weighted by Gasteiger charge is 2.31. The second-order valence-electron chi connectivity index (χ2n) is 5.31. The fourth-order valence-electron chi connectivity index (χ4n) is 2.58. The summed E-state index contributed by atoms with van der Waals surface area (Å²) >= 11 is 11.7. The van der Waals surface area contributed by atoms with Gasteiger partial charge in [0.1, 0.15) is 10.7 Å². The fourth-order valence-corrected chi connectivity index (χ4v) is 4.74. The summed E-state index contributed by atoms with van der Waals surface area (Å²) in [4.78, 5) is 6.01. The van der Waals surface area contributed by atoms with Gasteiger partial charge in [0.25, 0.3) is 0 Å². The highest BCUT2D eigenvalue weighted by atomic mass is 35.5. The van der Waals surface area contributed by atoms with E-state index in [1.165, 1.54) is 16.4 Å². The first kappa shape index (κ1) is 17.3. The van der Waals surface area contributed by atoms with Crippen LogP contribution in [0, 0.1) is 0 Å². The van der Waals surface area contributed by atoms with Crippen molar-refractivity contribution in [2.75, 3.05) is 31.1 Å². The Hall–Kier alpha value is -1.54. The van der Waals surface area contributed by atoms with Gasteiger partial charge in [0, 0.05) is 37.4 Å². The third-order valence-electron chi connectivity index (χ3n) is 3.82. The molecule has 1 aromatic heterocycles. The van der Waals surface area contributed by atoms with Crippen LogP contribution in [-0.4, -0.2) is 49.0 Å². The third kappa shape index (κ3) is 3.30. The van der Waals surface area contributed by atoms with Gasteiger partial charge >= 0.3 is 0 Å². The van der Waals surface area contributed by atoms with Gasteiger partial charge in [-0.2, -0.15) is 4.31 Å². The molecular formula is C15H15Cl2N3O3S. The second-order valence-corrected chi connectivity index (χ2v) is 8.06. The van der Waals surface area contributed by atoms with Crippen molar-refractivity contribution in [3.63, 3.8) is 0 Å². The molecule has 0 bridgehead atoms. The number of rotatable bonds is 3. The van der Waals surface area contributed by atoms with E-state index in [4.69, 9.17) is 23.2 Å². The Morgan fingerprint density at radius 3 is 2.42 bits per heavy atom. The van der Waals surface area contributed by atoms with E-state index >= 15 is 0 Å². The molecule has 0 unspecified atom stereocenters. The normalized spacial score (nSPS) is 16.3. The topological polar surface area (TPSA) is 73.7 Å². The average molecular weight is 388 g/mol. The first-order valence-electron chi connectivity index (χ1n) is 7.24. The molecule has 2 aromatic rings. The van der Waals surface area contributed by atoms with E-state index in [1.54, 1.807) is 6.20 Å². The Morgan fingerprint density at radius 2 is 1.79 bits per heavy atom. The van der Waals surface area contributed by atoms with Crippen molar-refractivity contribution >= 4 is 39.0 Å². The number of benzene rings is 1. The predicted molar refractivity (Wildman–Crippen MR) is 93.3 cm³/mol. The zero-order valence-electron chi connectivity index (χ0n) is 12.6. The van der Waals surface area contributed by atoms with Crippen molar-refractivity contribution in [1.82, 2.24) is 9.29 Å². The maximum absolute atomic E-state index is 12.8. The van der Waals surface area contributed by atoms with E-state index < -0.39 is 15.8 Å². The van der Waals surface area contributed by atoms with Crippen LogP contribution in [0.3, 0.4) is 0 Å². The first-order valence-corrected chi connectivity index (χ1v) is 9.43. The SMILES string of the molecule is O=S(=O)(c1cc(Cl)cc(Cl)c1O)N1CCN(c2ccccn2)CC1. The maximum atomic E-state index is 12.8. The number of phenolic OH excluding ortho intramolecular Hbond substituents is 1. The minimum Gasteiger partial charge on any atom is -0.505 e. The number of halogens is 2. The van der Waals surface area contributed by atoms with Gasteiger partial charge < -0.3 is 10.0 Å². The summed E-state index contributed by atoms with van der Waals surface area (Å²) in [6.07, 6.45) is 1.70. The zero-order chi connectivity index (χ0) is 17.3. The molecule has 6 nitrogen and oxygen atoms in total. The lowest BCUT2D eigenvalue weighted by Crippen LogP contribution is -2.48. The molecule has 0 radical (unpaired) electrons. The number of nitrogens with zero attached hydrogens (tertiary/aromatic N) is 3. The van der Waals surface area contributed by atoms with Crippen molar-refractivity contribution in [1.29, 1.82) is 0 Å². The molecule has 0 spiro atoms. The van der Waals surface area contributed by atoms with Crippen LogP contribution in [0.4, 0.5) is 5.82 Å². The second kappa shape index (κ2) is 6.76. The number of piperazine rings is 1. The quantitative estimate of drug-likeness (QED) is 0.875. The molecule has 1 N–H and O–H groups in total. The van der Waals surface area contributed by atoms with E-state index in [0.29, 0.717) is 13.1 Å². The minimum atomic E-state index is -3.88. The first-order chi connectivity index (χ1) is 11.4. The molecule has 1 aromatic carbocycles. The Morgan fingerprint density at radius 1 is 1.08 bits per heavy atom. The van der Waals surface area contributed by atoms with Gasteiger partial charge in [-0.25, -0.2) is 13.4 Å². The Kier molecular flexibility index (Phi) is 4.87. The smallest absolute Gasteiger partial charge is 0.246 e. The summed E-state index contributed by atoms with van der Waals surface area (Å²) in [6, 6.07) is 8.11. The number of sulfonamides is 1. The average Bonchev–Trinajstić information content (AvgIpc) is 2.59. The Labute approximate surface area is 150 Å². The molecule has 1 fully saturated rings. The van der Waals surface area contributed by atoms with Crippen molar-refractivity contribution in [3.8, 4) is 5.75 Å². The number of pyridine rings is 1. The number of hydrogen-bond donors (Lipinski definition) is 1. The van der Waals surface area contributed by atoms with Gasteiger partial charge in [0.2, 0.25) is 10.0 Å². The summed E-state index contributed by atoms with van der Waals surface area (Å²) in [6.45, 7) is 1.57. The molecule has 1 aliphatic heterocycles. The molecule has 128 valence electrons. The summed E-state index contributed by atoms with van der Waals surface area (Å²) in [7, 11) is -3.88. The van der Waals surface area contributed by atoms with E-state index in [1.807, 2.05) is 23.1 Å². The summed E-state index contributed by atoms with van der Waals surface area (Å²) in [5.74, 6) is 0.330. The van der Waals surface area contributed by atoms with Gasteiger partial charge in [0.15, 0.2) is 5.75 Å². The largest absolute Gasteiger partial charge is 0.505 e. The number of aromatic hydroxyl groups is 1. The molecular weight excluding hydrogens is 373 g/mol. The van der Waals surface area contributed by atoms with Crippen LogP contribution in [0.15, 0.2) is 41.4 Å². The standard InChI is InChI=1S/C15H15Cl2N3O3S/c16-11-9-12(17)15(21)13(10-11)24(22,23)20-7-5-19(6-8-20)14-3-1-2-4-18-14/h1-4,9-10,21H,5-8H2. The lowest BCUT2D eigenvalue weighted by Gasteiger charge is -2.34. The van der Waals surface area contributed by atoms with Gasteiger partial charge in [-0.15, -0.1) is 0 Å². The van der Waals surface area contributed by atoms with E-state index in [2.05, 4.69) is 4.98 Å². The van der Waals surface area contributed by atoms with Crippen molar-refractivity contribution in [3.05, 3.63) is 46.6 Å². The van der Waals surface area contributed by atoms with E-state index in [0.717, 1.165) is 5.82 Å². The number of phenols is 1. The van der Waals surface area contributed by atoms with Gasteiger partial charge in [-0.05, 0) is 24.3 Å². The third-order valence-corrected chi connectivity index (χ3v) is 6.24. The van der Waals surface area contributed by atoms with Crippen molar-refractivity contribution < 1.29 is 13.5 Å². The van der Waals surface area contributed by atoms with Crippen LogP contribution in [0.25, 0.3) is 0 Å². The minimum absolute atomic E-state index is 0.0896. The predicted octanol–water partition coefficient (Wildman–Crippen LogP) is 2.60. The molecule has 9 heteroatoms. The highest BCUT2D eigenvalue weighted by molar-refractivity contribution is 7.89. The van der Waals surface area contributed by atoms with E-state index in [9.17, 15) is 13.5 Å². The molecule has 0 atom stereocenters. The van der Waals surface area contributed by atoms with E-state index in [-0.39, 0.29) is 28.0 Å². The molecule has 2 heterocycles. The van der Waals surface area contributed by atoms with Crippen LogP contribution in [0.2, 0.25) is 10.0 Å². The molecule has 1 saturated heterocycles. The molecule has 0 aliphatic carbocycles. The lowest BCUT2D eigenvalue weighted by molar-refractivity contribution is 0.379. The number of anilines is 1. The van der Waals surface area contributed by atoms with Gasteiger partial charge in [0.05, 0.1) is 5.02 Å². The molecule has 3 rings (SSSR count). The Balaban J connectivity index is 1.81. The monoisotopic (exact) mass is 387 g/mol. The van der Waals surface area contributed by atoms with Crippen LogP contribution < -0.4 is 4.90 Å². The molecule has 24 heavy (non-hydrogen) atoms. The number of hydrogen-bond acceptors (Lipinski definition) is 5. The van der Waals surface area contributed by atoms with Crippen LogP contribution in [0.5, 0.6) is 5.75 Å². The van der Waals surface area contributed by atoms with Crippen LogP contribution in [-0.2, 0) is 10.0 Å². The highest BCUT2D eigenvalue weighted by Crippen LogP contribution is 2.36. The fraction of sp³-hybridized carbons (Fsp3) is 0.267. The van der Waals surface area contributed by atoms with Crippen molar-refractivity contribution in [2.45, 2.75) is 4.90 Å². The summed E-state index contributed by atoms with van der Waals surface area (Å²) < 4.78 is 26.9. The lowest BCUT2D eigenvalue weighted by atomic mass is 10.3. The van der Waals surface area contributed by atoms with Crippen LogP contribution >= 0.6 is 23.2 Å². The van der Waals surface area contributed by atoms with Crippen LogP contribution in [0.1, 0.15) is 0 Å². The van der Waals surface area contributed by atoms with Crippen molar-refractivity contribution in [2.24, 2.45) is 0 Å². The molecule has 0 saturated carbocycles. The molecule has 0 amide bonds. The zero-order valence-corrected chi connectivity index (χ0v) is 14.9. The Bertz CT molecular complexity index is 839. The summed E-state index contributed by atoms with van der Waals surface area (Å²) in [5.41, 5.74) is 0. The van der Waals surface area contributed by atoms with Gasteiger partial charge in [-0.1, -0.05) is 29.3 Å². The maximum Gasteiger partial charge on any atom is 0.246 e.